The Bertz CT molecular complexity index is 1050. The zero-order chi connectivity index (χ0) is 22.4. The standard InChI is InChI=1S/C22H29N3O6/c1-3-31-21(28)16-9-12-23(13-10-16)19(26)15-25-18-8-5-4-7-17(18)20(27)24(22(25)29)11-6-14-30-2/h4-5,7-8,16H,3,6,9-15H2,1-2H3. The van der Waals surface area contributed by atoms with Crippen molar-refractivity contribution in [1.82, 2.24) is 14.0 Å². The number of para-hydroxylation sites is 1. The van der Waals surface area contributed by atoms with Crippen LogP contribution >= 0.6 is 0 Å². The molecule has 1 fully saturated rings. The highest BCUT2D eigenvalue weighted by molar-refractivity contribution is 5.82. The van der Waals surface area contributed by atoms with E-state index in [1.54, 1.807) is 43.2 Å². The Morgan fingerprint density at radius 2 is 1.81 bits per heavy atom. The number of fused-ring (bicyclic) bond motifs is 1. The molecule has 2 heterocycles. The number of aromatic nitrogens is 2. The Hall–Kier alpha value is -2.94. The van der Waals surface area contributed by atoms with Gasteiger partial charge in [-0.2, -0.15) is 0 Å². The van der Waals surface area contributed by atoms with Crippen molar-refractivity contribution in [3.63, 3.8) is 0 Å². The number of hydrogen-bond donors (Lipinski definition) is 0. The van der Waals surface area contributed by atoms with E-state index in [1.165, 1.54) is 9.13 Å². The van der Waals surface area contributed by atoms with E-state index in [4.69, 9.17) is 9.47 Å². The average molecular weight is 431 g/mol. The van der Waals surface area contributed by atoms with Gasteiger partial charge in [0, 0.05) is 33.4 Å². The molecule has 2 aromatic rings. The predicted molar refractivity (Wildman–Crippen MR) is 115 cm³/mol. The number of methoxy groups -OCH3 is 1. The monoisotopic (exact) mass is 431 g/mol. The molecule has 0 radical (unpaired) electrons. The lowest BCUT2D eigenvalue weighted by Gasteiger charge is -2.31. The van der Waals surface area contributed by atoms with Crippen molar-refractivity contribution in [3.05, 3.63) is 45.1 Å². The minimum absolute atomic E-state index is 0.159. The van der Waals surface area contributed by atoms with Crippen LogP contribution in [0.4, 0.5) is 0 Å². The van der Waals surface area contributed by atoms with Gasteiger partial charge in [0.15, 0.2) is 0 Å². The molecule has 3 rings (SSSR count). The average Bonchev–Trinajstić information content (AvgIpc) is 2.79. The summed E-state index contributed by atoms with van der Waals surface area (Å²) in [5, 5.41) is 0.397. The summed E-state index contributed by atoms with van der Waals surface area (Å²) in [6.07, 6.45) is 1.59. The molecule has 9 heteroatoms. The molecule has 1 aliphatic heterocycles. The summed E-state index contributed by atoms with van der Waals surface area (Å²) in [5.74, 6) is -0.633. The summed E-state index contributed by atoms with van der Waals surface area (Å²) in [6.45, 7) is 3.46. The van der Waals surface area contributed by atoms with E-state index in [-0.39, 0.29) is 36.4 Å². The van der Waals surface area contributed by atoms with Gasteiger partial charge in [0.05, 0.1) is 23.4 Å². The zero-order valence-electron chi connectivity index (χ0n) is 18.0. The largest absolute Gasteiger partial charge is 0.466 e. The fourth-order valence-electron chi connectivity index (χ4n) is 3.95. The van der Waals surface area contributed by atoms with Crippen LogP contribution in [0.3, 0.4) is 0 Å². The molecule has 0 unspecified atom stereocenters. The quantitative estimate of drug-likeness (QED) is 0.457. The van der Waals surface area contributed by atoms with Crippen LogP contribution in [0.1, 0.15) is 26.2 Å². The Morgan fingerprint density at radius 3 is 2.48 bits per heavy atom. The number of benzene rings is 1. The van der Waals surface area contributed by atoms with Gasteiger partial charge >= 0.3 is 11.7 Å². The Kier molecular flexibility index (Phi) is 7.62. The lowest BCUT2D eigenvalue weighted by Crippen LogP contribution is -2.46. The van der Waals surface area contributed by atoms with E-state index >= 15 is 0 Å². The van der Waals surface area contributed by atoms with Gasteiger partial charge in [-0.05, 0) is 38.3 Å². The van der Waals surface area contributed by atoms with Crippen molar-refractivity contribution in [3.8, 4) is 0 Å². The second kappa shape index (κ2) is 10.4. The molecule has 1 aromatic carbocycles. The number of carbonyl (C=O) groups is 2. The molecule has 1 aliphatic rings. The third-order valence-corrected chi connectivity index (χ3v) is 5.62. The number of carbonyl (C=O) groups excluding carboxylic acids is 2. The highest BCUT2D eigenvalue weighted by atomic mass is 16.5. The first kappa shape index (κ1) is 22.7. The normalized spacial score (nSPS) is 14.7. The molecule has 0 spiro atoms. The topological polar surface area (TPSA) is 99.8 Å². The Balaban J connectivity index is 1.82. The van der Waals surface area contributed by atoms with Crippen LogP contribution in [0.5, 0.6) is 0 Å². The van der Waals surface area contributed by atoms with E-state index in [9.17, 15) is 19.2 Å². The predicted octanol–water partition coefficient (Wildman–Crippen LogP) is 1.00. The molecule has 0 aliphatic carbocycles. The third-order valence-electron chi connectivity index (χ3n) is 5.62. The third kappa shape index (κ3) is 5.04. The number of ether oxygens (including phenoxy) is 2. The maximum atomic E-state index is 13.1. The van der Waals surface area contributed by atoms with Gasteiger partial charge in [-0.15, -0.1) is 0 Å². The van der Waals surface area contributed by atoms with Gasteiger partial charge < -0.3 is 14.4 Å². The van der Waals surface area contributed by atoms with Crippen molar-refractivity contribution in [1.29, 1.82) is 0 Å². The number of esters is 1. The molecule has 31 heavy (non-hydrogen) atoms. The summed E-state index contributed by atoms with van der Waals surface area (Å²) >= 11 is 0. The maximum absolute atomic E-state index is 13.1. The number of amides is 1. The van der Waals surface area contributed by atoms with Gasteiger partial charge in [-0.1, -0.05) is 12.1 Å². The molecule has 9 nitrogen and oxygen atoms in total. The van der Waals surface area contributed by atoms with Crippen LogP contribution in [0, 0.1) is 5.92 Å². The fraction of sp³-hybridized carbons (Fsp3) is 0.545. The van der Waals surface area contributed by atoms with Crippen LogP contribution < -0.4 is 11.2 Å². The van der Waals surface area contributed by atoms with Crippen molar-refractivity contribution >= 4 is 22.8 Å². The Labute approximate surface area is 180 Å². The minimum Gasteiger partial charge on any atom is -0.466 e. The number of hydrogen-bond acceptors (Lipinski definition) is 6. The molecule has 1 aromatic heterocycles. The van der Waals surface area contributed by atoms with E-state index < -0.39 is 5.69 Å². The minimum atomic E-state index is -0.505. The Morgan fingerprint density at radius 1 is 1.10 bits per heavy atom. The molecule has 0 atom stereocenters. The molecule has 1 amide bonds. The SMILES string of the molecule is CCOC(=O)C1CCN(C(=O)Cn2c(=O)n(CCCOC)c(=O)c3ccccc32)CC1. The van der Waals surface area contributed by atoms with Crippen LogP contribution in [-0.4, -0.2) is 59.3 Å². The van der Waals surface area contributed by atoms with Crippen molar-refractivity contribution < 1.29 is 19.1 Å². The smallest absolute Gasteiger partial charge is 0.331 e. The maximum Gasteiger partial charge on any atom is 0.331 e. The summed E-state index contributed by atoms with van der Waals surface area (Å²) in [4.78, 5) is 52.4. The van der Waals surface area contributed by atoms with Crippen LogP contribution in [0.2, 0.25) is 0 Å². The van der Waals surface area contributed by atoms with E-state index in [1.807, 2.05) is 0 Å². The number of piperidine rings is 1. The van der Waals surface area contributed by atoms with Gasteiger partial charge in [0.25, 0.3) is 5.56 Å². The molecule has 0 bridgehead atoms. The zero-order valence-corrected chi connectivity index (χ0v) is 18.0. The summed E-state index contributed by atoms with van der Waals surface area (Å²) in [5.41, 5.74) is -0.430. The van der Waals surface area contributed by atoms with Gasteiger partial charge in [0.1, 0.15) is 6.54 Å². The summed E-state index contributed by atoms with van der Waals surface area (Å²) < 4.78 is 12.6. The second-order valence-electron chi connectivity index (χ2n) is 7.60. The first-order valence-corrected chi connectivity index (χ1v) is 10.6. The lowest BCUT2D eigenvalue weighted by atomic mass is 9.97. The van der Waals surface area contributed by atoms with Gasteiger partial charge in [-0.3, -0.25) is 23.5 Å². The molecular formula is C22H29N3O6. The molecule has 168 valence electrons. The number of rotatable bonds is 8. The molecular weight excluding hydrogens is 402 g/mol. The first-order valence-electron chi connectivity index (χ1n) is 10.6. The highest BCUT2D eigenvalue weighted by Crippen LogP contribution is 2.19. The first-order chi connectivity index (χ1) is 15.0. The number of nitrogens with zero attached hydrogens (tertiary/aromatic N) is 3. The fourth-order valence-corrected chi connectivity index (χ4v) is 3.95. The van der Waals surface area contributed by atoms with E-state index in [2.05, 4.69) is 0 Å². The second-order valence-corrected chi connectivity index (χ2v) is 7.60. The van der Waals surface area contributed by atoms with Crippen LogP contribution in [0.15, 0.2) is 33.9 Å². The van der Waals surface area contributed by atoms with Gasteiger partial charge in [0.2, 0.25) is 5.91 Å². The van der Waals surface area contributed by atoms with Crippen LogP contribution in [0.25, 0.3) is 10.9 Å². The van der Waals surface area contributed by atoms with Gasteiger partial charge in [-0.25, -0.2) is 4.79 Å². The summed E-state index contributed by atoms with van der Waals surface area (Å²) in [7, 11) is 1.56. The van der Waals surface area contributed by atoms with Crippen molar-refractivity contribution in [2.45, 2.75) is 39.3 Å². The highest BCUT2D eigenvalue weighted by Gasteiger charge is 2.28. The molecule has 1 saturated heterocycles. The summed E-state index contributed by atoms with van der Waals surface area (Å²) in [6, 6.07) is 6.82. The van der Waals surface area contributed by atoms with E-state index in [0.29, 0.717) is 56.5 Å². The molecule has 0 N–H and O–H groups in total. The van der Waals surface area contributed by atoms with Crippen molar-refractivity contribution in [2.24, 2.45) is 5.92 Å². The van der Waals surface area contributed by atoms with Crippen LogP contribution in [-0.2, 0) is 32.2 Å². The van der Waals surface area contributed by atoms with Crippen molar-refractivity contribution in [2.75, 3.05) is 33.4 Å². The number of likely N-dealkylation sites (tertiary alicyclic amines) is 1. The molecule has 0 saturated carbocycles. The van der Waals surface area contributed by atoms with E-state index in [0.717, 1.165) is 0 Å². The lowest BCUT2D eigenvalue weighted by molar-refractivity contribution is -0.151.